The molecular formula is C31H52N2O5S. The largest absolute Gasteiger partial charge is 0.461 e. The Morgan fingerprint density at radius 2 is 1.92 bits per heavy atom. The van der Waals surface area contributed by atoms with Gasteiger partial charge in [0, 0.05) is 34.5 Å². The van der Waals surface area contributed by atoms with Gasteiger partial charge in [0.2, 0.25) is 5.91 Å². The zero-order chi connectivity index (χ0) is 29.6. The third kappa shape index (κ3) is 5.85. The second-order valence-corrected chi connectivity index (χ2v) is 15.8. The number of aliphatic hydroxyl groups excluding tert-OH is 1. The van der Waals surface area contributed by atoms with Crippen LogP contribution in [0.3, 0.4) is 0 Å². The van der Waals surface area contributed by atoms with Crippen LogP contribution < -0.4 is 11.1 Å². The van der Waals surface area contributed by atoms with Crippen molar-refractivity contribution < 1.29 is 24.2 Å². The van der Waals surface area contributed by atoms with E-state index in [1.807, 2.05) is 40.7 Å². The van der Waals surface area contributed by atoms with Crippen molar-refractivity contribution in [3.63, 3.8) is 0 Å². The molecule has 222 valence electrons. The normalized spacial score (nSPS) is 39.4. The number of carbonyl (C=O) groups excluding carboxylic acids is 3. The molecule has 39 heavy (non-hydrogen) atoms. The van der Waals surface area contributed by atoms with Crippen molar-refractivity contribution in [1.82, 2.24) is 5.32 Å². The van der Waals surface area contributed by atoms with Crippen molar-refractivity contribution in [2.24, 2.45) is 45.7 Å². The highest BCUT2D eigenvalue weighted by Crippen LogP contribution is 2.68. The zero-order valence-electron chi connectivity index (χ0n) is 25.3. The van der Waals surface area contributed by atoms with Crippen LogP contribution in [0.2, 0.25) is 0 Å². The lowest BCUT2D eigenvalue weighted by atomic mass is 9.44. The highest BCUT2D eigenvalue weighted by atomic mass is 32.2. The van der Waals surface area contributed by atoms with E-state index in [-0.39, 0.29) is 52.5 Å². The first kappa shape index (κ1) is 32.1. The van der Waals surface area contributed by atoms with Gasteiger partial charge in [-0.3, -0.25) is 14.4 Å². The molecule has 0 radical (unpaired) electrons. The van der Waals surface area contributed by atoms with Gasteiger partial charge in [0.25, 0.3) is 0 Å². The summed E-state index contributed by atoms with van der Waals surface area (Å²) in [6.45, 7) is 20.7. The third-order valence-corrected chi connectivity index (χ3v) is 12.2. The van der Waals surface area contributed by atoms with Crippen LogP contribution in [0.5, 0.6) is 0 Å². The molecule has 7 unspecified atom stereocenters. The Kier molecular flexibility index (Phi) is 9.46. The minimum absolute atomic E-state index is 0.0382. The van der Waals surface area contributed by atoms with Crippen molar-refractivity contribution >= 4 is 29.4 Å². The van der Waals surface area contributed by atoms with Crippen molar-refractivity contribution in [2.75, 3.05) is 12.3 Å². The van der Waals surface area contributed by atoms with Gasteiger partial charge in [-0.2, -0.15) is 0 Å². The number of thioether (sulfide) groups is 1. The van der Waals surface area contributed by atoms with E-state index in [9.17, 15) is 19.5 Å². The fourth-order valence-electron chi connectivity index (χ4n) is 7.72. The molecule has 0 spiro atoms. The van der Waals surface area contributed by atoms with E-state index in [1.165, 1.54) is 11.8 Å². The minimum Gasteiger partial charge on any atom is -0.461 e. The molecule has 9 atom stereocenters. The maximum Gasteiger partial charge on any atom is 0.316 e. The maximum atomic E-state index is 13.5. The molecule has 1 amide bonds. The molecular weight excluding hydrogens is 512 g/mol. The standard InChI is InChI=1S/C31H52N2O5S/c1-10-29(8)15-22(38-23(35)16-39-28(6,7)17-33-27(37)24(32)18(2)3)30(9)19(4)11-13-31(20(5)26(29)36)14-12-21(34)25(30)31/h10,18-20,22,24-26,36H,1,11-17,32H2,2-9H3,(H,33,37)/t19?,20?,22?,24?,25-,26?,29-,30?,31?/m1/s1. The van der Waals surface area contributed by atoms with Crippen LogP contribution in [0, 0.1) is 39.9 Å². The van der Waals surface area contributed by atoms with Crippen molar-refractivity contribution in [3.05, 3.63) is 12.7 Å². The monoisotopic (exact) mass is 564 g/mol. The first-order chi connectivity index (χ1) is 17.9. The molecule has 8 heteroatoms. The summed E-state index contributed by atoms with van der Waals surface area (Å²) < 4.78 is 5.92. The molecule has 3 aliphatic rings. The first-order valence-corrected chi connectivity index (χ1v) is 15.6. The number of rotatable bonds is 9. The lowest BCUT2D eigenvalue weighted by Crippen LogP contribution is -2.63. The number of nitrogens with two attached hydrogens (primary N) is 1. The molecule has 7 nitrogen and oxygen atoms in total. The number of hydrogen-bond acceptors (Lipinski definition) is 7. The van der Waals surface area contributed by atoms with Crippen LogP contribution in [0.15, 0.2) is 12.7 Å². The Morgan fingerprint density at radius 1 is 1.28 bits per heavy atom. The summed E-state index contributed by atoms with van der Waals surface area (Å²) in [6.07, 6.45) is 4.17. The third-order valence-electron chi connectivity index (χ3n) is 10.9. The number of amides is 1. The number of esters is 1. The van der Waals surface area contributed by atoms with Crippen LogP contribution in [0.4, 0.5) is 0 Å². The van der Waals surface area contributed by atoms with Gasteiger partial charge in [-0.15, -0.1) is 18.3 Å². The topological polar surface area (TPSA) is 119 Å². The Labute approximate surface area is 239 Å². The van der Waals surface area contributed by atoms with Gasteiger partial charge in [-0.25, -0.2) is 0 Å². The minimum atomic E-state index is -0.684. The van der Waals surface area contributed by atoms with Gasteiger partial charge < -0.3 is 20.9 Å². The predicted octanol–water partition coefficient (Wildman–Crippen LogP) is 4.50. The van der Waals surface area contributed by atoms with E-state index in [2.05, 4.69) is 32.7 Å². The molecule has 3 rings (SSSR count). The molecule has 3 fully saturated rings. The van der Waals surface area contributed by atoms with Crippen LogP contribution in [-0.2, 0) is 19.1 Å². The first-order valence-electron chi connectivity index (χ1n) is 14.7. The quantitative estimate of drug-likeness (QED) is 0.279. The number of carbonyl (C=O) groups is 3. The average molecular weight is 565 g/mol. The van der Waals surface area contributed by atoms with Gasteiger partial charge >= 0.3 is 5.97 Å². The molecule has 0 aromatic rings. The van der Waals surface area contributed by atoms with E-state index < -0.39 is 33.8 Å². The average Bonchev–Trinajstić information content (AvgIpc) is 3.24. The highest BCUT2D eigenvalue weighted by molar-refractivity contribution is 8.01. The smallest absolute Gasteiger partial charge is 0.316 e. The Morgan fingerprint density at radius 3 is 2.51 bits per heavy atom. The number of aliphatic hydroxyl groups is 1. The molecule has 0 aromatic carbocycles. The Bertz CT molecular complexity index is 969. The van der Waals surface area contributed by atoms with Crippen LogP contribution >= 0.6 is 11.8 Å². The molecule has 0 saturated heterocycles. The van der Waals surface area contributed by atoms with Crippen LogP contribution in [0.1, 0.15) is 87.5 Å². The number of ether oxygens (including phenoxy) is 1. The number of hydrogen-bond donors (Lipinski definition) is 3. The number of ketones is 1. The summed E-state index contributed by atoms with van der Waals surface area (Å²) in [5, 5.41) is 14.6. The van der Waals surface area contributed by atoms with Gasteiger partial charge in [0.1, 0.15) is 11.9 Å². The predicted molar refractivity (Wildman–Crippen MR) is 157 cm³/mol. The summed E-state index contributed by atoms with van der Waals surface area (Å²) in [6, 6.07) is -0.573. The summed E-state index contributed by atoms with van der Waals surface area (Å²) in [7, 11) is 0. The summed E-state index contributed by atoms with van der Waals surface area (Å²) in [5.74, 6) is -0.243. The van der Waals surface area contributed by atoms with Gasteiger partial charge in [-0.1, -0.05) is 47.6 Å². The second kappa shape index (κ2) is 11.5. The second-order valence-electron chi connectivity index (χ2n) is 14.1. The van der Waals surface area contributed by atoms with E-state index in [1.54, 1.807) is 0 Å². The molecule has 0 aromatic heterocycles. The Hall–Kier alpha value is -1.38. The summed E-state index contributed by atoms with van der Waals surface area (Å²) in [5.41, 5.74) is 4.49. The zero-order valence-corrected chi connectivity index (χ0v) is 26.2. The SMILES string of the molecule is C=C[C@]1(C)CC(OC(=O)CSC(C)(C)CNC(=O)C(N)C(C)C)C2(C)C(C)CCC3(CCC(=O)[C@@H]32)C(C)C1O. The number of Topliss-reactive ketones (excluding diaryl/α,β-unsaturated/α-hetero) is 1. The number of nitrogens with one attached hydrogen (secondary N) is 1. The highest BCUT2D eigenvalue weighted by Gasteiger charge is 2.68. The van der Waals surface area contributed by atoms with Crippen molar-refractivity contribution in [2.45, 2.75) is 110 Å². The lowest BCUT2D eigenvalue weighted by Gasteiger charge is -2.61. The fourth-order valence-corrected chi connectivity index (χ4v) is 8.47. The Balaban J connectivity index is 1.82. The maximum absolute atomic E-state index is 13.5. The van der Waals surface area contributed by atoms with Crippen LogP contribution in [-0.4, -0.2) is 58.1 Å². The molecule has 3 aliphatic carbocycles. The van der Waals surface area contributed by atoms with E-state index in [4.69, 9.17) is 10.5 Å². The van der Waals surface area contributed by atoms with E-state index >= 15 is 0 Å². The molecule has 0 aliphatic heterocycles. The van der Waals surface area contributed by atoms with Crippen LogP contribution in [0.25, 0.3) is 0 Å². The van der Waals surface area contributed by atoms with Crippen molar-refractivity contribution in [1.29, 1.82) is 0 Å². The lowest BCUT2D eigenvalue weighted by molar-refractivity contribution is -0.205. The molecule has 4 N–H and O–H groups in total. The summed E-state index contributed by atoms with van der Waals surface area (Å²) >= 11 is 1.43. The van der Waals surface area contributed by atoms with Gasteiger partial charge in [0.15, 0.2) is 0 Å². The van der Waals surface area contributed by atoms with Crippen molar-refractivity contribution in [3.8, 4) is 0 Å². The van der Waals surface area contributed by atoms with E-state index in [0.717, 1.165) is 19.3 Å². The summed E-state index contributed by atoms with van der Waals surface area (Å²) in [4.78, 5) is 39.2. The molecule has 3 saturated carbocycles. The molecule has 0 heterocycles. The van der Waals surface area contributed by atoms with E-state index in [0.29, 0.717) is 19.4 Å². The molecule has 2 bridgehead atoms. The fraction of sp³-hybridized carbons (Fsp3) is 0.839. The van der Waals surface area contributed by atoms with Gasteiger partial charge in [-0.05, 0) is 62.7 Å². The van der Waals surface area contributed by atoms with Gasteiger partial charge in [0.05, 0.1) is 17.9 Å².